The van der Waals surface area contributed by atoms with Gasteiger partial charge < -0.3 is 9.47 Å². The van der Waals surface area contributed by atoms with Crippen LogP contribution < -0.4 is 0 Å². The highest BCUT2D eigenvalue weighted by Crippen LogP contribution is 2.33. The Bertz CT molecular complexity index is 1030. The Kier molecular flexibility index (Phi) is 6.39. The molecule has 0 amide bonds. The first-order chi connectivity index (χ1) is 15.0. The normalized spacial score (nSPS) is 18.9. The van der Waals surface area contributed by atoms with Gasteiger partial charge >= 0.3 is 0 Å². The van der Waals surface area contributed by atoms with Gasteiger partial charge in [-0.25, -0.2) is 17.6 Å². The van der Waals surface area contributed by atoms with Crippen LogP contribution in [0.3, 0.4) is 0 Å². The number of hydrogen-bond donors (Lipinski definition) is 0. The molecule has 0 atom stereocenters. The van der Waals surface area contributed by atoms with E-state index in [1.54, 1.807) is 24.3 Å². The Morgan fingerprint density at radius 1 is 0.710 bits per heavy atom. The lowest BCUT2D eigenvalue weighted by Gasteiger charge is -2.29. The number of rotatable bonds is 5. The third kappa shape index (κ3) is 4.65. The fourth-order valence-corrected chi connectivity index (χ4v) is 3.81. The van der Waals surface area contributed by atoms with Crippen LogP contribution in [0.4, 0.5) is 17.6 Å². The predicted molar refractivity (Wildman–Crippen MR) is 110 cm³/mol. The van der Waals surface area contributed by atoms with Gasteiger partial charge in [0.25, 0.3) is 0 Å². The van der Waals surface area contributed by atoms with Crippen LogP contribution >= 0.6 is 0 Å². The van der Waals surface area contributed by atoms with Gasteiger partial charge in [-0.3, -0.25) is 0 Å². The molecule has 6 heteroatoms. The van der Waals surface area contributed by atoms with Crippen molar-refractivity contribution in [2.24, 2.45) is 5.92 Å². The molecule has 3 aromatic carbocycles. The van der Waals surface area contributed by atoms with Gasteiger partial charge in [-0.1, -0.05) is 43.7 Å². The summed E-state index contributed by atoms with van der Waals surface area (Å²) in [6, 6.07) is 12.2. The molecule has 1 saturated heterocycles. The van der Waals surface area contributed by atoms with Gasteiger partial charge in [0, 0.05) is 11.5 Å². The van der Waals surface area contributed by atoms with Gasteiger partial charge in [0.2, 0.25) is 0 Å². The molecule has 0 N–H and O–H groups in total. The van der Waals surface area contributed by atoms with E-state index < -0.39 is 35.1 Å². The Labute approximate surface area is 178 Å². The smallest absolute Gasteiger partial charge is 0.183 e. The van der Waals surface area contributed by atoms with Crippen molar-refractivity contribution in [2.75, 3.05) is 13.2 Å². The topological polar surface area (TPSA) is 18.5 Å². The quantitative estimate of drug-likeness (QED) is 0.404. The van der Waals surface area contributed by atoms with Crippen LogP contribution in [0.5, 0.6) is 0 Å². The average molecular weight is 430 g/mol. The van der Waals surface area contributed by atoms with Crippen LogP contribution in [-0.4, -0.2) is 13.2 Å². The molecule has 1 aliphatic rings. The third-order valence-corrected chi connectivity index (χ3v) is 5.43. The minimum atomic E-state index is -1.16. The zero-order valence-corrected chi connectivity index (χ0v) is 17.0. The van der Waals surface area contributed by atoms with Crippen molar-refractivity contribution >= 4 is 0 Å². The number of ether oxygens (including phenoxy) is 2. The molecule has 1 aliphatic heterocycles. The molecule has 4 rings (SSSR count). The molecule has 0 aliphatic carbocycles. The Balaban J connectivity index is 1.54. The Morgan fingerprint density at radius 3 is 1.87 bits per heavy atom. The molecular formula is C25H22F4O2. The molecule has 0 saturated carbocycles. The summed E-state index contributed by atoms with van der Waals surface area (Å²) >= 11 is 0. The van der Waals surface area contributed by atoms with Gasteiger partial charge in [0.05, 0.1) is 18.8 Å². The number of halogens is 4. The minimum absolute atomic E-state index is 0.0660. The maximum absolute atomic E-state index is 14.7. The Morgan fingerprint density at radius 2 is 1.29 bits per heavy atom. The molecule has 162 valence electrons. The molecule has 0 unspecified atom stereocenters. The molecule has 31 heavy (non-hydrogen) atoms. The van der Waals surface area contributed by atoms with Gasteiger partial charge in [-0.05, 0) is 47.4 Å². The van der Waals surface area contributed by atoms with Crippen molar-refractivity contribution < 1.29 is 27.0 Å². The zero-order chi connectivity index (χ0) is 22.0. The van der Waals surface area contributed by atoms with E-state index in [0.717, 1.165) is 36.6 Å². The molecule has 0 radical (unpaired) electrons. The van der Waals surface area contributed by atoms with E-state index in [1.807, 2.05) is 0 Å². The van der Waals surface area contributed by atoms with E-state index in [-0.39, 0.29) is 5.56 Å². The first kappa shape index (κ1) is 21.5. The lowest BCUT2D eigenvalue weighted by molar-refractivity contribution is -0.206. The second-order valence-electron chi connectivity index (χ2n) is 7.72. The van der Waals surface area contributed by atoms with E-state index >= 15 is 0 Å². The van der Waals surface area contributed by atoms with Crippen molar-refractivity contribution in [3.63, 3.8) is 0 Å². The van der Waals surface area contributed by atoms with Gasteiger partial charge in [0.1, 0.15) is 11.6 Å². The summed E-state index contributed by atoms with van der Waals surface area (Å²) in [4.78, 5) is 0. The van der Waals surface area contributed by atoms with E-state index in [2.05, 4.69) is 6.92 Å². The summed E-state index contributed by atoms with van der Waals surface area (Å²) < 4.78 is 67.6. The Hall–Kier alpha value is -2.70. The van der Waals surface area contributed by atoms with E-state index in [1.165, 1.54) is 12.1 Å². The van der Waals surface area contributed by atoms with Gasteiger partial charge in [0.15, 0.2) is 17.9 Å². The van der Waals surface area contributed by atoms with Gasteiger partial charge in [-0.15, -0.1) is 0 Å². The van der Waals surface area contributed by atoms with Crippen LogP contribution in [0.2, 0.25) is 0 Å². The molecule has 2 nitrogen and oxygen atoms in total. The van der Waals surface area contributed by atoms with Crippen LogP contribution in [0.15, 0.2) is 54.6 Å². The highest BCUT2D eigenvalue weighted by Gasteiger charge is 2.23. The number of benzene rings is 3. The largest absolute Gasteiger partial charge is 0.348 e. The van der Waals surface area contributed by atoms with Crippen molar-refractivity contribution in [3.8, 4) is 22.3 Å². The van der Waals surface area contributed by atoms with Crippen LogP contribution in [0, 0.1) is 29.2 Å². The first-order valence-corrected chi connectivity index (χ1v) is 10.2. The van der Waals surface area contributed by atoms with E-state index in [9.17, 15) is 17.6 Å². The summed E-state index contributed by atoms with van der Waals surface area (Å²) in [6.45, 7) is 3.41. The zero-order valence-electron chi connectivity index (χ0n) is 17.0. The van der Waals surface area contributed by atoms with Crippen molar-refractivity contribution in [1.82, 2.24) is 0 Å². The predicted octanol–water partition coefficient (Wildman–Crippen LogP) is 7.04. The SMILES string of the molecule is CCCC1COC(c2ccc(-c3cc(F)c(-c4ccc(F)c(F)c4)c(F)c3)cc2)OC1. The summed E-state index contributed by atoms with van der Waals surface area (Å²) in [5.74, 6) is -3.55. The average Bonchev–Trinajstić information content (AvgIpc) is 2.76. The van der Waals surface area contributed by atoms with Crippen molar-refractivity contribution in [1.29, 1.82) is 0 Å². The third-order valence-electron chi connectivity index (χ3n) is 5.43. The van der Waals surface area contributed by atoms with Crippen LogP contribution in [0.1, 0.15) is 31.6 Å². The summed E-state index contributed by atoms with van der Waals surface area (Å²) in [5, 5.41) is 0. The monoisotopic (exact) mass is 430 g/mol. The van der Waals surface area contributed by atoms with Crippen molar-refractivity contribution in [3.05, 3.63) is 83.4 Å². The van der Waals surface area contributed by atoms with E-state index in [0.29, 0.717) is 30.3 Å². The standard InChI is InChI=1S/C25H22F4O2/c1-2-3-15-13-30-25(31-14-15)17-6-4-16(5-7-17)19-11-22(28)24(23(29)12-19)18-8-9-20(26)21(27)10-18/h4-12,15,25H,2-3,13-14H2,1H3. The highest BCUT2D eigenvalue weighted by molar-refractivity contribution is 5.72. The highest BCUT2D eigenvalue weighted by atomic mass is 19.2. The fourth-order valence-electron chi connectivity index (χ4n) is 3.81. The van der Waals surface area contributed by atoms with Crippen LogP contribution in [0.25, 0.3) is 22.3 Å². The maximum Gasteiger partial charge on any atom is 0.183 e. The summed E-state index contributed by atoms with van der Waals surface area (Å²) in [6.07, 6.45) is 1.69. The number of hydrogen-bond acceptors (Lipinski definition) is 2. The molecule has 0 spiro atoms. The first-order valence-electron chi connectivity index (χ1n) is 10.2. The maximum atomic E-state index is 14.7. The molecular weight excluding hydrogens is 408 g/mol. The lowest BCUT2D eigenvalue weighted by atomic mass is 9.98. The van der Waals surface area contributed by atoms with Gasteiger partial charge in [-0.2, -0.15) is 0 Å². The van der Waals surface area contributed by atoms with E-state index in [4.69, 9.17) is 9.47 Å². The summed E-state index contributed by atoms with van der Waals surface area (Å²) in [7, 11) is 0. The fraction of sp³-hybridized carbons (Fsp3) is 0.280. The summed E-state index contributed by atoms with van der Waals surface area (Å²) in [5.41, 5.74) is 1.31. The lowest BCUT2D eigenvalue weighted by Crippen LogP contribution is -2.26. The van der Waals surface area contributed by atoms with Crippen LogP contribution in [-0.2, 0) is 9.47 Å². The molecule has 0 aromatic heterocycles. The molecule has 3 aromatic rings. The minimum Gasteiger partial charge on any atom is -0.348 e. The molecule has 1 heterocycles. The molecule has 1 fully saturated rings. The van der Waals surface area contributed by atoms with Crippen molar-refractivity contribution in [2.45, 2.75) is 26.1 Å². The second-order valence-corrected chi connectivity index (χ2v) is 7.72. The molecule has 0 bridgehead atoms. The second kappa shape index (κ2) is 9.20.